The van der Waals surface area contributed by atoms with Crippen LogP contribution >= 0.6 is 0 Å². The van der Waals surface area contributed by atoms with Gasteiger partial charge in [-0.15, -0.1) is 0 Å². The largest absolute Gasteiger partial charge is 0.380 e. The summed E-state index contributed by atoms with van der Waals surface area (Å²) in [7, 11) is 0. The SMILES string of the molecule is CCCn1nccc1C1(O)CC(C)(C)OC1(C)C. The fourth-order valence-electron chi connectivity index (χ4n) is 3.11. The fourth-order valence-corrected chi connectivity index (χ4v) is 3.11. The zero-order chi connectivity index (χ0) is 13.6. The summed E-state index contributed by atoms with van der Waals surface area (Å²) in [6, 6.07) is 1.90. The highest BCUT2D eigenvalue weighted by atomic mass is 16.5. The first-order valence-electron chi connectivity index (χ1n) is 6.67. The molecule has 4 nitrogen and oxygen atoms in total. The molecule has 4 heteroatoms. The molecule has 0 amide bonds. The number of nitrogens with zero attached hydrogens (tertiary/aromatic N) is 2. The van der Waals surface area contributed by atoms with Crippen molar-refractivity contribution in [3.63, 3.8) is 0 Å². The van der Waals surface area contributed by atoms with Gasteiger partial charge in [-0.3, -0.25) is 4.68 Å². The lowest BCUT2D eigenvalue weighted by Gasteiger charge is -2.35. The summed E-state index contributed by atoms with van der Waals surface area (Å²) in [5.74, 6) is 0. The maximum atomic E-state index is 11.1. The third kappa shape index (κ3) is 1.97. The quantitative estimate of drug-likeness (QED) is 0.899. The molecule has 0 aromatic carbocycles. The minimum absolute atomic E-state index is 0.320. The number of ether oxygens (including phenoxy) is 1. The summed E-state index contributed by atoms with van der Waals surface area (Å²) in [4.78, 5) is 0. The number of aliphatic hydroxyl groups is 1. The van der Waals surface area contributed by atoms with Crippen LogP contribution in [0.2, 0.25) is 0 Å². The Morgan fingerprint density at radius 2 is 2.06 bits per heavy atom. The summed E-state index contributed by atoms with van der Waals surface area (Å²) in [5.41, 5.74) is -1.05. The molecule has 2 rings (SSSR count). The average molecular weight is 252 g/mol. The van der Waals surface area contributed by atoms with Crippen molar-refractivity contribution >= 4 is 0 Å². The molecule has 0 spiro atoms. The number of hydrogen-bond acceptors (Lipinski definition) is 3. The second-order valence-corrected chi connectivity index (χ2v) is 6.35. The van der Waals surface area contributed by atoms with Gasteiger partial charge in [0, 0.05) is 19.2 Å². The minimum atomic E-state index is -0.984. The molecule has 1 saturated heterocycles. The summed E-state index contributed by atoms with van der Waals surface area (Å²) >= 11 is 0. The molecule has 1 unspecified atom stereocenters. The number of rotatable bonds is 3. The standard InChI is InChI=1S/C14H24N2O2/c1-6-9-16-11(7-8-15-16)14(17)10-12(2,3)18-13(14,4)5/h7-8,17H,6,9-10H2,1-5H3. The van der Waals surface area contributed by atoms with Gasteiger partial charge in [0.1, 0.15) is 5.60 Å². The van der Waals surface area contributed by atoms with Crippen molar-refractivity contribution in [2.24, 2.45) is 0 Å². The fraction of sp³-hybridized carbons (Fsp3) is 0.786. The Balaban J connectivity index is 2.44. The van der Waals surface area contributed by atoms with E-state index < -0.39 is 11.2 Å². The van der Waals surface area contributed by atoms with Crippen molar-refractivity contribution in [3.8, 4) is 0 Å². The van der Waals surface area contributed by atoms with E-state index in [9.17, 15) is 5.11 Å². The van der Waals surface area contributed by atoms with Crippen molar-refractivity contribution in [2.45, 2.75) is 70.8 Å². The Labute approximate surface area is 109 Å². The van der Waals surface area contributed by atoms with Crippen LogP contribution in [0.15, 0.2) is 12.3 Å². The van der Waals surface area contributed by atoms with Gasteiger partial charge in [0.15, 0.2) is 0 Å². The van der Waals surface area contributed by atoms with Gasteiger partial charge in [0.25, 0.3) is 0 Å². The van der Waals surface area contributed by atoms with Crippen molar-refractivity contribution in [3.05, 3.63) is 18.0 Å². The van der Waals surface area contributed by atoms with Gasteiger partial charge in [0.05, 0.1) is 16.9 Å². The van der Waals surface area contributed by atoms with Gasteiger partial charge in [-0.25, -0.2) is 0 Å². The van der Waals surface area contributed by atoms with E-state index in [1.807, 2.05) is 38.4 Å². The van der Waals surface area contributed by atoms with Crippen LogP contribution < -0.4 is 0 Å². The van der Waals surface area contributed by atoms with Gasteiger partial charge in [-0.05, 0) is 40.2 Å². The monoisotopic (exact) mass is 252 g/mol. The number of aryl methyl sites for hydroxylation is 1. The highest BCUT2D eigenvalue weighted by Gasteiger charge is 2.58. The van der Waals surface area contributed by atoms with E-state index in [0.29, 0.717) is 6.42 Å². The molecule has 1 fully saturated rings. The van der Waals surface area contributed by atoms with E-state index in [4.69, 9.17) is 4.74 Å². The summed E-state index contributed by atoms with van der Waals surface area (Å²) in [6.45, 7) is 10.9. The summed E-state index contributed by atoms with van der Waals surface area (Å²) < 4.78 is 7.91. The molecule has 102 valence electrons. The van der Waals surface area contributed by atoms with Crippen LogP contribution in [-0.2, 0) is 16.9 Å². The van der Waals surface area contributed by atoms with Gasteiger partial charge in [0.2, 0.25) is 0 Å². The predicted molar refractivity (Wildman–Crippen MR) is 70.3 cm³/mol. The number of aromatic nitrogens is 2. The molecule has 2 heterocycles. The normalized spacial score (nSPS) is 29.7. The third-order valence-corrected chi connectivity index (χ3v) is 3.78. The number of hydrogen-bond donors (Lipinski definition) is 1. The molecular weight excluding hydrogens is 228 g/mol. The van der Waals surface area contributed by atoms with Crippen LogP contribution in [0.1, 0.15) is 53.2 Å². The Morgan fingerprint density at radius 1 is 1.39 bits per heavy atom. The Bertz CT molecular complexity index is 437. The van der Waals surface area contributed by atoms with E-state index >= 15 is 0 Å². The molecular formula is C14H24N2O2. The van der Waals surface area contributed by atoms with E-state index in [0.717, 1.165) is 18.7 Å². The topological polar surface area (TPSA) is 47.3 Å². The van der Waals surface area contributed by atoms with Gasteiger partial charge >= 0.3 is 0 Å². The van der Waals surface area contributed by atoms with Gasteiger partial charge in [-0.1, -0.05) is 6.92 Å². The van der Waals surface area contributed by atoms with Crippen LogP contribution in [0.4, 0.5) is 0 Å². The van der Waals surface area contributed by atoms with Crippen molar-refractivity contribution in [1.29, 1.82) is 0 Å². The second kappa shape index (κ2) is 4.07. The summed E-state index contributed by atoms with van der Waals surface area (Å²) in [5, 5.41) is 15.4. The molecule has 1 N–H and O–H groups in total. The smallest absolute Gasteiger partial charge is 0.137 e. The Hall–Kier alpha value is -0.870. The summed E-state index contributed by atoms with van der Waals surface area (Å²) in [6.07, 6.45) is 3.34. The van der Waals surface area contributed by atoms with E-state index in [-0.39, 0.29) is 5.60 Å². The molecule has 18 heavy (non-hydrogen) atoms. The maximum absolute atomic E-state index is 11.1. The molecule has 0 bridgehead atoms. The Kier molecular flexibility index (Phi) is 3.06. The first-order valence-corrected chi connectivity index (χ1v) is 6.67. The van der Waals surface area contributed by atoms with Crippen molar-refractivity contribution < 1.29 is 9.84 Å². The lowest BCUT2D eigenvalue weighted by Crippen LogP contribution is -2.45. The molecule has 1 aliphatic rings. The van der Waals surface area contributed by atoms with Crippen molar-refractivity contribution in [2.75, 3.05) is 0 Å². The molecule has 1 aromatic heterocycles. The zero-order valence-electron chi connectivity index (χ0n) is 12.0. The van der Waals surface area contributed by atoms with Crippen LogP contribution in [0.3, 0.4) is 0 Å². The first-order chi connectivity index (χ1) is 8.22. The lowest BCUT2D eigenvalue weighted by atomic mass is 9.80. The van der Waals surface area contributed by atoms with E-state index in [2.05, 4.69) is 12.0 Å². The minimum Gasteiger partial charge on any atom is -0.380 e. The van der Waals surface area contributed by atoms with E-state index in [1.54, 1.807) is 6.20 Å². The first kappa shape index (κ1) is 13.6. The zero-order valence-corrected chi connectivity index (χ0v) is 12.0. The molecule has 0 aliphatic carbocycles. The van der Waals surface area contributed by atoms with Crippen LogP contribution in [0.25, 0.3) is 0 Å². The highest BCUT2D eigenvalue weighted by molar-refractivity contribution is 5.22. The van der Waals surface area contributed by atoms with Crippen LogP contribution in [0, 0.1) is 0 Å². The molecule has 1 aromatic rings. The molecule has 1 atom stereocenters. The third-order valence-electron chi connectivity index (χ3n) is 3.78. The van der Waals surface area contributed by atoms with Crippen molar-refractivity contribution in [1.82, 2.24) is 9.78 Å². The van der Waals surface area contributed by atoms with E-state index in [1.165, 1.54) is 0 Å². The lowest BCUT2D eigenvalue weighted by molar-refractivity contribution is -0.132. The van der Waals surface area contributed by atoms with Gasteiger partial charge in [-0.2, -0.15) is 5.10 Å². The highest BCUT2D eigenvalue weighted by Crippen LogP contribution is 2.50. The molecule has 0 radical (unpaired) electrons. The van der Waals surface area contributed by atoms with Crippen LogP contribution in [0.5, 0.6) is 0 Å². The predicted octanol–water partition coefficient (Wildman–Crippen LogP) is 2.46. The van der Waals surface area contributed by atoms with Gasteiger partial charge < -0.3 is 9.84 Å². The maximum Gasteiger partial charge on any atom is 0.137 e. The molecule has 1 aliphatic heterocycles. The Morgan fingerprint density at radius 3 is 2.56 bits per heavy atom. The average Bonchev–Trinajstić information content (AvgIpc) is 2.69. The second-order valence-electron chi connectivity index (χ2n) is 6.35. The molecule has 0 saturated carbocycles. The van der Waals surface area contributed by atoms with Crippen LogP contribution in [-0.4, -0.2) is 26.1 Å².